The van der Waals surface area contributed by atoms with E-state index in [-0.39, 0.29) is 36.8 Å². The van der Waals surface area contributed by atoms with Crippen LogP contribution in [0.3, 0.4) is 0 Å². The van der Waals surface area contributed by atoms with Gasteiger partial charge in [0, 0.05) is 25.2 Å². The monoisotopic (exact) mass is 372 g/mol. The van der Waals surface area contributed by atoms with Crippen molar-refractivity contribution in [3.63, 3.8) is 0 Å². The smallest absolute Gasteiger partial charge is 0.325 e. The highest BCUT2D eigenvalue weighted by molar-refractivity contribution is 6.08. The van der Waals surface area contributed by atoms with Gasteiger partial charge in [0.25, 0.3) is 5.91 Å². The van der Waals surface area contributed by atoms with Crippen LogP contribution in [0, 0.1) is 0 Å². The molecule has 3 rings (SSSR count). The molecule has 0 aromatic carbocycles. The van der Waals surface area contributed by atoms with Gasteiger partial charge in [0.15, 0.2) is 0 Å². The molecule has 3 fully saturated rings. The van der Waals surface area contributed by atoms with Crippen LogP contribution in [-0.2, 0) is 9.59 Å². The molecule has 0 aromatic rings. The maximum Gasteiger partial charge on any atom is 0.325 e. The topological polar surface area (TPSA) is 81.8 Å². The van der Waals surface area contributed by atoms with E-state index in [9.17, 15) is 14.4 Å². The molecule has 0 saturated carbocycles. The Bertz CT molecular complexity index is 540. The number of likely N-dealkylation sites (N-methyl/N-ethyl adjacent to an activating group) is 1. The number of carbonyl (C=O) groups excluding carboxylic acids is 3. The molecule has 3 heterocycles. The zero-order valence-corrected chi connectivity index (χ0v) is 16.0. The van der Waals surface area contributed by atoms with E-state index >= 15 is 0 Å². The number of fused-ring (bicyclic) bond motifs is 2. The summed E-state index contributed by atoms with van der Waals surface area (Å²) < 4.78 is 0. The molecule has 0 aromatic heterocycles. The first-order chi connectivity index (χ1) is 11.4. The Balaban J connectivity index is 0.00000225. The van der Waals surface area contributed by atoms with Crippen molar-refractivity contribution >= 4 is 30.3 Å². The quantitative estimate of drug-likeness (QED) is 0.712. The largest absolute Gasteiger partial charge is 0.341 e. The van der Waals surface area contributed by atoms with Crippen molar-refractivity contribution in [2.75, 3.05) is 13.6 Å². The van der Waals surface area contributed by atoms with E-state index in [4.69, 9.17) is 0 Å². The second-order valence-corrected chi connectivity index (χ2v) is 7.38. The van der Waals surface area contributed by atoms with Gasteiger partial charge in [-0.05, 0) is 38.5 Å². The summed E-state index contributed by atoms with van der Waals surface area (Å²) in [5.74, 6) is -0.433. The van der Waals surface area contributed by atoms with Crippen molar-refractivity contribution in [2.45, 2.75) is 76.0 Å². The number of hydrogen-bond acceptors (Lipinski definition) is 4. The van der Waals surface area contributed by atoms with E-state index in [1.54, 1.807) is 11.9 Å². The highest BCUT2D eigenvalue weighted by Gasteiger charge is 2.49. The summed E-state index contributed by atoms with van der Waals surface area (Å²) in [6.07, 6.45) is 5.31. The average molecular weight is 373 g/mol. The van der Waals surface area contributed by atoms with Crippen molar-refractivity contribution in [3.8, 4) is 0 Å². The molecule has 7 nitrogen and oxygen atoms in total. The van der Waals surface area contributed by atoms with Gasteiger partial charge in [-0.15, -0.1) is 12.4 Å². The second kappa shape index (κ2) is 7.50. The molecule has 0 spiro atoms. The normalized spacial score (nSPS) is 30.0. The molecule has 3 saturated heterocycles. The molecule has 2 unspecified atom stereocenters. The lowest BCUT2D eigenvalue weighted by Gasteiger charge is -2.36. The first-order valence-corrected chi connectivity index (χ1v) is 9.06. The minimum Gasteiger partial charge on any atom is -0.341 e. The maximum atomic E-state index is 12.6. The Labute approximate surface area is 155 Å². The predicted octanol–water partition coefficient (Wildman–Crippen LogP) is 1.26. The Morgan fingerprint density at radius 1 is 1.20 bits per heavy atom. The Kier molecular flexibility index (Phi) is 5.99. The van der Waals surface area contributed by atoms with E-state index < -0.39 is 11.6 Å². The van der Waals surface area contributed by atoms with Gasteiger partial charge in [-0.1, -0.05) is 13.8 Å². The minimum absolute atomic E-state index is 0. The van der Waals surface area contributed by atoms with Gasteiger partial charge in [0.2, 0.25) is 5.91 Å². The Morgan fingerprint density at radius 3 is 2.24 bits per heavy atom. The predicted molar refractivity (Wildman–Crippen MR) is 96.5 cm³/mol. The van der Waals surface area contributed by atoms with Crippen LogP contribution in [0.25, 0.3) is 0 Å². The summed E-state index contributed by atoms with van der Waals surface area (Å²) in [6, 6.07) is 0.733. The molecule has 2 bridgehead atoms. The van der Waals surface area contributed by atoms with Crippen molar-refractivity contribution in [1.29, 1.82) is 0 Å². The van der Waals surface area contributed by atoms with Crippen LogP contribution in [0.5, 0.6) is 0 Å². The Hall–Kier alpha value is -1.34. The summed E-state index contributed by atoms with van der Waals surface area (Å²) in [4.78, 5) is 40.3. The number of amides is 4. The van der Waals surface area contributed by atoms with Gasteiger partial charge in [0.1, 0.15) is 12.1 Å². The van der Waals surface area contributed by atoms with Crippen LogP contribution in [0.15, 0.2) is 0 Å². The zero-order chi connectivity index (χ0) is 17.5. The minimum atomic E-state index is -0.843. The van der Waals surface area contributed by atoms with Crippen LogP contribution in [0.2, 0.25) is 0 Å². The van der Waals surface area contributed by atoms with Gasteiger partial charge in [-0.3, -0.25) is 14.5 Å². The molecule has 2 N–H and O–H groups in total. The van der Waals surface area contributed by atoms with Gasteiger partial charge >= 0.3 is 6.03 Å². The van der Waals surface area contributed by atoms with Gasteiger partial charge < -0.3 is 15.5 Å². The third-order valence-corrected chi connectivity index (χ3v) is 6.14. The summed E-state index contributed by atoms with van der Waals surface area (Å²) >= 11 is 0. The number of nitrogens with zero attached hydrogens (tertiary/aromatic N) is 2. The van der Waals surface area contributed by atoms with E-state index in [2.05, 4.69) is 10.6 Å². The second-order valence-electron chi connectivity index (χ2n) is 7.38. The average Bonchev–Trinajstić information content (AvgIpc) is 3.04. The zero-order valence-electron chi connectivity index (χ0n) is 15.2. The molecule has 8 heteroatoms. The molecule has 3 aliphatic rings. The third kappa shape index (κ3) is 3.49. The fourth-order valence-corrected chi connectivity index (χ4v) is 4.34. The van der Waals surface area contributed by atoms with Gasteiger partial charge in [-0.2, -0.15) is 0 Å². The number of halogens is 1. The molecule has 0 aliphatic carbocycles. The fourth-order valence-electron chi connectivity index (χ4n) is 4.34. The standard InChI is InChI=1S/C17H28N4O3.ClH/c1-4-17(5-2)15(23)21(16(24)19-17)10-14(22)20(3)13-8-11-6-7-12(9-13)18-11;/h11-13,18H,4-10H2,1-3H3,(H,19,24);1H. The van der Waals surface area contributed by atoms with E-state index in [0.717, 1.165) is 17.7 Å². The molecule has 25 heavy (non-hydrogen) atoms. The molecular weight excluding hydrogens is 344 g/mol. The number of carbonyl (C=O) groups is 3. The molecule has 3 aliphatic heterocycles. The van der Waals surface area contributed by atoms with E-state index in [1.807, 2.05) is 13.8 Å². The number of urea groups is 1. The molecule has 0 radical (unpaired) electrons. The van der Waals surface area contributed by atoms with Gasteiger partial charge in [-0.25, -0.2) is 4.79 Å². The number of rotatable bonds is 5. The number of imide groups is 1. The molecular formula is C17H29ClN4O3. The molecule has 142 valence electrons. The molecule has 4 amide bonds. The summed E-state index contributed by atoms with van der Waals surface area (Å²) in [7, 11) is 1.79. The lowest BCUT2D eigenvalue weighted by atomic mass is 9.93. The van der Waals surface area contributed by atoms with E-state index in [1.165, 1.54) is 12.8 Å². The van der Waals surface area contributed by atoms with Crippen molar-refractivity contribution < 1.29 is 14.4 Å². The highest BCUT2D eigenvalue weighted by atomic mass is 35.5. The van der Waals surface area contributed by atoms with E-state index in [0.29, 0.717) is 24.9 Å². The first-order valence-electron chi connectivity index (χ1n) is 9.06. The summed E-state index contributed by atoms with van der Waals surface area (Å²) in [6.45, 7) is 3.59. The van der Waals surface area contributed by atoms with Crippen LogP contribution >= 0.6 is 12.4 Å². The fraction of sp³-hybridized carbons (Fsp3) is 0.824. The van der Waals surface area contributed by atoms with Crippen LogP contribution in [-0.4, -0.2) is 64.9 Å². The van der Waals surface area contributed by atoms with Crippen LogP contribution in [0.4, 0.5) is 4.79 Å². The first kappa shape index (κ1) is 20.0. The van der Waals surface area contributed by atoms with Crippen LogP contribution < -0.4 is 10.6 Å². The third-order valence-electron chi connectivity index (χ3n) is 6.14. The Morgan fingerprint density at radius 2 is 1.76 bits per heavy atom. The number of hydrogen-bond donors (Lipinski definition) is 2. The van der Waals surface area contributed by atoms with Crippen molar-refractivity contribution in [3.05, 3.63) is 0 Å². The SMILES string of the molecule is CCC1(CC)NC(=O)N(CC(=O)N(C)C2CC3CCC(C2)N3)C1=O.Cl. The summed E-state index contributed by atoms with van der Waals surface area (Å²) in [5.41, 5.74) is -0.843. The molecule has 2 atom stereocenters. The lowest BCUT2D eigenvalue weighted by molar-refractivity contribution is -0.140. The lowest BCUT2D eigenvalue weighted by Crippen LogP contribution is -2.51. The van der Waals surface area contributed by atoms with Crippen molar-refractivity contribution in [1.82, 2.24) is 20.4 Å². The number of piperidine rings is 1. The van der Waals surface area contributed by atoms with Crippen molar-refractivity contribution in [2.24, 2.45) is 0 Å². The maximum absolute atomic E-state index is 12.6. The van der Waals surface area contributed by atoms with Gasteiger partial charge in [0.05, 0.1) is 0 Å². The summed E-state index contributed by atoms with van der Waals surface area (Å²) in [5, 5.41) is 6.33. The van der Waals surface area contributed by atoms with Crippen LogP contribution in [0.1, 0.15) is 52.4 Å². The highest BCUT2D eigenvalue weighted by Crippen LogP contribution is 2.30. The number of nitrogens with one attached hydrogen (secondary N) is 2.